The molecule has 1 saturated heterocycles. The minimum absolute atomic E-state index is 0.0112. The fourth-order valence-corrected chi connectivity index (χ4v) is 3.39. The van der Waals surface area contributed by atoms with Crippen LogP contribution in [0, 0.1) is 5.92 Å². The number of carbonyl (C=O) groups is 2. The average Bonchev–Trinajstić information content (AvgIpc) is 3.22. The van der Waals surface area contributed by atoms with Gasteiger partial charge in [-0.1, -0.05) is 0 Å². The zero-order chi connectivity index (χ0) is 17.8. The van der Waals surface area contributed by atoms with Crippen LogP contribution >= 0.6 is 0 Å². The molecular weight excluding hydrogens is 316 g/mol. The molecule has 0 radical (unpaired) electrons. The smallest absolute Gasteiger partial charge is 0.319 e. The number of rotatable bonds is 6. The van der Waals surface area contributed by atoms with Crippen molar-refractivity contribution in [1.82, 2.24) is 10.2 Å². The molecule has 25 heavy (non-hydrogen) atoms. The van der Waals surface area contributed by atoms with Crippen molar-refractivity contribution in [3.63, 3.8) is 0 Å². The molecule has 3 amide bonds. The molecule has 1 saturated carbocycles. The van der Waals surface area contributed by atoms with Crippen LogP contribution in [-0.4, -0.2) is 42.0 Å². The molecule has 0 bridgehead atoms. The van der Waals surface area contributed by atoms with Crippen LogP contribution in [0.2, 0.25) is 0 Å². The lowest BCUT2D eigenvalue weighted by Crippen LogP contribution is -2.44. The third kappa shape index (κ3) is 4.95. The van der Waals surface area contributed by atoms with Gasteiger partial charge in [0.25, 0.3) is 0 Å². The Bertz CT molecular complexity index is 604. The molecule has 1 aromatic carbocycles. The van der Waals surface area contributed by atoms with Gasteiger partial charge in [-0.25, -0.2) is 4.79 Å². The van der Waals surface area contributed by atoms with E-state index in [-0.39, 0.29) is 24.0 Å². The third-order valence-electron chi connectivity index (χ3n) is 4.70. The van der Waals surface area contributed by atoms with E-state index in [9.17, 15) is 9.59 Å². The zero-order valence-electron chi connectivity index (χ0n) is 15.0. The largest absolute Gasteiger partial charge is 0.336 e. The quantitative estimate of drug-likeness (QED) is 0.743. The van der Waals surface area contributed by atoms with E-state index in [1.165, 1.54) is 12.8 Å². The molecule has 3 N–H and O–H groups in total. The number of urea groups is 1. The maximum absolute atomic E-state index is 12.7. The standard InChI is InChI=1S/C19H28N4O2/c1-13(2)20-19(25)22-16-9-7-15(8-10-16)21-18(24)17(14-5-6-14)23-11-3-4-12-23/h7-10,13-14,17H,3-6,11-12H2,1-2H3,(H,21,24)(H2,20,22,25)/t17-/m0/s1. The van der Waals surface area contributed by atoms with Crippen LogP contribution in [0.25, 0.3) is 0 Å². The van der Waals surface area contributed by atoms with Gasteiger partial charge in [-0.15, -0.1) is 0 Å². The molecular formula is C19H28N4O2. The Hall–Kier alpha value is -2.08. The molecule has 1 atom stereocenters. The highest BCUT2D eigenvalue weighted by molar-refractivity contribution is 5.96. The highest BCUT2D eigenvalue weighted by Crippen LogP contribution is 2.37. The normalized spacial score (nSPS) is 18.8. The van der Waals surface area contributed by atoms with E-state index in [0.717, 1.165) is 31.6 Å². The summed E-state index contributed by atoms with van der Waals surface area (Å²) in [7, 11) is 0. The lowest BCUT2D eigenvalue weighted by Gasteiger charge is -2.26. The van der Waals surface area contributed by atoms with Crippen molar-refractivity contribution in [3.05, 3.63) is 24.3 Å². The number of likely N-dealkylation sites (tertiary alicyclic amines) is 1. The summed E-state index contributed by atoms with van der Waals surface area (Å²) in [4.78, 5) is 26.8. The second-order valence-corrected chi connectivity index (χ2v) is 7.35. The Kier molecular flexibility index (Phi) is 5.58. The van der Waals surface area contributed by atoms with Gasteiger partial charge in [-0.3, -0.25) is 9.69 Å². The molecule has 6 nitrogen and oxygen atoms in total. The highest BCUT2D eigenvalue weighted by atomic mass is 16.2. The maximum Gasteiger partial charge on any atom is 0.319 e. The molecule has 1 aliphatic heterocycles. The lowest BCUT2D eigenvalue weighted by molar-refractivity contribution is -0.121. The second kappa shape index (κ2) is 7.87. The molecule has 0 unspecified atom stereocenters. The predicted molar refractivity (Wildman–Crippen MR) is 99.7 cm³/mol. The first-order valence-electron chi connectivity index (χ1n) is 9.25. The molecule has 2 aliphatic rings. The minimum atomic E-state index is -0.227. The molecule has 6 heteroatoms. The van der Waals surface area contributed by atoms with Crippen LogP contribution in [0.15, 0.2) is 24.3 Å². The lowest BCUT2D eigenvalue weighted by atomic mass is 10.1. The molecule has 136 valence electrons. The first-order valence-corrected chi connectivity index (χ1v) is 9.25. The highest BCUT2D eigenvalue weighted by Gasteiger charge is 2.40. The van der Waals surface area contributed by atoms with Gasteiger partial charge in [0.1, 0.15) is 0 Å². The number of nitrogens with zero attached hydrogens (tertiary/aromatic N) is 1. The van der Waals surface area contributed by atoms with Gasteiger partial charge in [0, 0.05) is 17.4 Å². The van der Waals surface area contributed by atoms with Crippen molar-refractivity contribution < 1.29 is 9.59 Å². The van der Waals surface area contributed by atoms with Gasteiger partial charge in [-0.05, 0) is 82.8 Å². The van der Waals surface area contributed by atoms with Gasteiger partial charge >= 0.3 is 6.03 Å². The number of hydrogen-bond acceptors (Lipinski definition) is 3. The Morgan fingerprint density at radius 3 is 2.08 bits per heavy atom. The topological polar surface area (TPSA) is 73.5 Å². The summed E-state index contributed by atoms with van der Waals surface area (Å²) in [6.07, 6.45) is 4.69. The zero-order valence-corrected chi connectivity index (χ0v) is 15.0. The van der Waals surface area contributed by atoms with Crippen molar-refractivity contribution >= 4 is 23.3 Å². The van der Waals surface area contributed by atoms with E-state index < -0.39 is 0 Å². The molecule has 1 aromatic rings. The molecule has 1 heterocycles. The van der Waals surface area contributed by atoms with Crippen molar-refractivity contribution in [2.24, 2.45) is 5.92 Å². The van der Waals surface area contributed by atoms with Crippen LogP contribution in [0.5, 0.6) is 0 Å². The number of benzene rings is 1. The molecule has 0 spiro atoms. The Balaban J connectivity index is 1.56. The third-order valence-corrected chi connectivity index (χ3v) is 4.70. The summed E-state index contributed by atoms with van der Waals surface area (Å²) in [5.74, 6) is 0.612. The van der Waals surface area contributed by atoms with Crippen molar-refractivity contribution in [1.29, 1.82) is 0 Å². The molecule has 3 rings (SSSR count). The minimum Gasteiger partial charge on any atom is -0.336 e. The fraction of sp³-hybridized carbons (Fsp3) is 0.579. The second-order valence-electron chi connectivity index (χ2n) is 7.35. The summed E-state index contributed by atoms with van der Waals surface area (Å²) < 4.78 is 0. The predicted octanol–water partition coefficient (Wildman–Crippen LogP) is 3.03. The first kappa shape index (κ1) is 17.7. The van der Waals surface area contributed by atoms with Gasteiger partial charge < -0.3 is 16.0 Å². The van der Waals surface area contributed by atoms with E-state index in [0.29, 0.717) is 11.6 Å². The van der Waals surface area contributed by atoms with Crippen molar-refractivity contribution in [2.75, 3.05) is 23.7 Å². The van der Waals surface area contributed by atoms with Crippen LogP contribution in [-0.2, 0) is 4.79 Å². The summed E-state index contributed by atoms with van der Waals surface area (Å²) in [5, 5.41) is 8.60. The van der Waals surface area contributed by atoms with Crippen LogP contribution < -0.4 is 16.0 Å². The van der Waals surface area contributed by atoms with Crippen LogP contribution in [0.1, 0.15) is 39.5 Å². The van der Waals surface area contributed by atoms with Gasteiger partial charge in [0.05, 0.1) is 6.04 Å². The van der Waals surface area contributed by atoms with Gasteiger partial charge in [0.15, 0.2) is 0 Å². The molecule has 0 aromatic heterocycles. The first-order chi connectivity index (χ1) is 12.0. The Morgan fingerprint density at radius 2 is 1.56 bits per heavy atom. The van der Waals surface area contributed by atoms with E-state index in [2.05, 4.69) is 20.9 Å². The number of hydrogen-bond donors (Lipinski definition) is 3. The van der Waals surface area contributed by atoms with Crippen LogP contribution in [0.3, 0.4) is 0 Å². The van der Waals surface area contributed by atoms with E-state index in [4.69, 9.17) is 0 Å². The Morgan fingerprint density at radius 1 is 1.00 bits per heavy atom. The number of anilines is 2. The summed E-state index contributed by atoms with van der Waals surface area (Å²) in [5.41, 5.74) is 1.47. The molecule has 2 fully saturated rings. The van der Waals surface area contributed by atoms with E-state index in [1.54, 1.807) is 12.1 Å². The van der Waals surface area contributed by atoms with Gasteiger partial charge in [0.2, 0.25) is 5.91 Å². The van der Waals surface area contributed by atoms with Crippen molar-refractivity contribution in [2.45, 2.75) is 51.6 Å². The monoisotopic (exact) mass is 344 g/mol. The summed E-state index contributed by atoms with van der Waals surface area (Å²) in [6.45, 7) is 5.88. The summed E-state index contributed by atoms with van der Waals surface area (Å²) in [6, 6.07) is 7.14. The van der Waals surface area contributed by atoms with E-state index >= 15 is 0 Å². The van der Waals surface area contributed by atoms with Crippen LogP contribution in [0.4, 0.5) is 16.2 Å². The van der Waals surface area contributed by atoms with Crippen molar-refractivity contribution in [3.8, 4) is 0 Å². The number of carbonyl (C=O) groups excluding carboxylic acids is 2. The molecule has 1 aliphatic carbocycles. The Labute approximate surface area is 149 Å². The summed E-state index contributed by atoms with van der Waals surface area (Å²) >= 11 is 0. The number of nitrogens with one attached hydrogen (secondary N) is 3. The fourth-order valence-electron chi connectivity index (χ4n) is 3.39. The van der Waals surface area contributed by atoms with Gasteiger partial charge in [-0.2, -0.15) is 0 Å². The number of amides is 3. The average molecular weight is 344 g/mol. The maximum atomic E-state index is 12.7. The SMILES string of the molecule is CC(C)NC(=O)Nc1ccc(NC(=O)[C@H](C2CC2)N2CCCC2)cc1. The van der Waals surface area contributed by atoms with E-state index in [1.807, 2.05) is 26.0 Å².